The molecule has 1 rings (SSSR count). The fourth-order valence-corrected chi connectivity index (χ4v) is 0.933. The summed E-state index contributed by atoms with van der Waals surface area (Å²) in [5.41, 5.74) is 0. The lowest BCUT2D eigenvalue weighted by atomic mass is 10.6. The van der Waals surface area contributed by atoms with Crippen LogP contribution in [0.1, 0.15) is 12.7 Å². The zero-order chi connectivity index (χ0) is 6.85. The molecular formula is C7H14N2O. The summed E-state index contributed by atoms with van der Waals surface area (Å²) < 4.78 is 4.32. The van der Waals surface area contributed by atoms with Crippen molar-refractivity contribution >= 4 is 0 Å². The van der Waals surface area contributed by atoms with Crippen molar-refractivity contribution in [3.63, 3.8) is 0 Å². The van der Waals surface area contributed by atoms with Crippen LogP contribution in [0.4, 0.5) is 0 Å². The highest BCUT2D eigenvalue weighted by Crippen LogP contribution is 1.89. The molecule has 0 aliphatic carbocycles. The highest BCUT2D eigenvalue weighted by atomic mass is 16.0. The van der Waals surface area contributed by atoms with Crippen LogP contribution in [0, 0.1) is 6.92 Å². The van der Waals surface area contributed by atoms with Gasteiger partial charge in [-0.15, -0.1) is 0 Å². The number of aryl methyl sites for hydroxylation is 2. The first-order valence-corrected chi connectivity index (χ1v) is 3.27. The molecule has 1 N–H and O–H groups in total. The Balaban J connectivity index is 0.000000810. The summed E-state index contributed by atoms with van der Waals surface area (Å²) in [6, 6.07) is 0. The van der Waals surface area contributed by atoms with Gasteiger partial charge in [0.15, 0.2) is 0 Å². The molecule has 58 valence electrons. The molecule has 1 heterocycles. The highest BCUT2D eigenvalue weighted by molar-refractivity contribution is 4.77. The van der Waals surface area contributed by atoms with Gasteiger partial charge >= 0.3 is 0 Å². The van der Waals surface area contributed by atoms with Crippen LogP contribution in [0.15, 0.2) is 12.4 Å². The zero-order valence-electron chi connectivity index (χ0n) is 6.70. The molecule has 0 amide bonds. The van der Waals surface area contributed by atoms with Crippen LogP contribution in [-0.2, 0) is 13.6 Å². The topological polar surface area (TPSA) is 38.8 Å². The van der Waals surface area contributed by atoms with E-state index in [-0.39, 0.29) is 5.48 Å². The van der Waals surface area contributed by atoms with Gasteiger partial charge < -0.3 is 5.48 Å². The molecule has 1 aromatic heterocycles. The second-order valence-corrected chi connectivity index (χ2v) is 2.24. The Morgan fingerprint density at radius 3 is 2.40 bits per heavy atom. The average Bonchev–Trinajstić information content (AvgIpc) is 2.15. The molecule has 3 heteroatoms. The van der Waals surface area contributed by atoms with E-state index in [1.54, 1.807) is 0 Å². The third-order valence-corrected chi connectivity index (χ3v) is 1.74. The molecule has 0 spiro atoms. The highest BCUT2D eigenvalue weighted by Gasteiger charge is 2.03. The number of hydrogen-bond donors (Lipinski definition) is 0. The molecule has 0 saturated heterocycles. The molecule has 0 radical (unpaired) electrons. The van der Waals surface area contributed by atoms with Gasteiger partial charge in [0, 0.05) is 6.92 Å². The van der Waals surface area contributed by atoms with Gasteiger partial charge in [0.2, 0.25) is 0 Å². The Kier molecular flexibility index (Phi) is 3.09. The quantitative estimate of drug-likeness (QED) is 0.525. The van der Waals surface area contributed by atoms with Gasteiger partial charge in [-0.25, -0.2) is 9.13 Å². The van der Waals surface area contributed by atoms with Gasteiger partial charge in [0.05, 0.1) is 13.6 Å². The van der Waals surface area contributed by atoms with Crippen LogP contribution in [0.25, 0.3) is 0 Å². The SMILES string of the molecule is CCn1cc[n+](C)c1C.[OH-]. The van der Waals surface area contributed by atoms with E-state index in [1.807, 2.05) is 0 Å². The van der Waals surface area contributed by atoms with E-state index in [0.717, 1.165) is 6.54 Å². The summed E-state index contributed by atoms with van der Waals surface area (Å²) >= 11 is 0. The van der Waals surface area contributed by atoms with Gasteiger partial charge in [-0.2, -0.15) is 0 Å². The van der Waals surface area contributed by atoms with Crippen LogP contribution in [-0.4, -0.2) is 10.0 Å². The fraction of sp³-hybridized carbons (Fsp3) is 0.571. The largest absolute Gasteiger partial charge is 0.870 e. The molecule has 0 aliphatic rings. The van der Waals surface area contributed by atoms with E-state index in [2.05, 4.69) is 42.4 Å². The van der Waals surface area contributed by atoms with Gasteiger partial charge in [0.1, 0.15) is 12.4 Å². The number of rotatable bonds is 1. The van der Waals surface area contributed by atoms with Crippen LogP contribution in [0.2, 0.25) is 0 Å². The Hall–Kier alpha value is -0.830. The van der Waals surface area contributed by atoms with Gasteiger partial charge in [-0.1, -0.05) is 0 Å². The Labute approximate surface area is 61.2 Å². The lowest BCUT2D eigenvalue weighted by Crippen LogP contribution is -2.29. The molecule has 0 unspecified atom stereocenters. The van der Waals surface area contributed by atoms with E-state index >= 15 is 0 Å². The normalized spacial score (nSPS) is 9.10. The van der Waals surface area contributed by atoms with Crippen molar-refractivity contribution in [3.05, 3.63) is 18.2 Å². The molecule has 0 saturated carbocycles. The van der Waals surface area contributed by atoms with E-state index in [0.29, 0.717) is 0 Å². The first-order chi connectivity index (χ1) is 4.25. The van der Waals surface area contributed by atoms with Crippen molar-refractivity contribution in [1.29, 1.82) is 0 Å². The summed E-state index contributed by atoms with van der Waals surface area (Å²) in [4.78, 5) is 0. The Morgan fingerprint density at radius 1 is 1.60 bits per heavy atom. The monoisotopic (exact) mass is 142 g/mol. The number of imidazole rings is 1. The third kappa shape index (κ3) is 1.36. The lowest BCUT2D eigenvalue weighted by molar-refractivity contribution is -0.677. The van der Waals surface area contributed by atoms with Crippen molar-refractivity contribution in [3.8, 4) is 0 Å². The Bertz CT molecular complexity index is 205. The van der Waals surface area contributed by atoms with E-state index in [1.165, 1.54) is 5.82 Å². The summed E-state index contributed by atoms with van der Waals surface area (Å²) in [6.45, 7) is 5.32. The van der Waals surface area contributed by atoms with Crippen LogP contribution in [0.3, 0.4) is 0 Å². The zero-order valence-corrected chi connectivity index (χ0v) is 6.70. The number of aromatic nitrogens is 2. The smallest absolute Gasteiger partial charge is 0.252 e. The second kappa shape index (κ2) is 3.37. The summed E-state index contributed by atoms with van der Waals surface area (Å²) in [5.74, 6) is 1.30. The first kappa shape index (κ1) is 9.17. The molecule has 0 atom stereocenters. The molecule has 3 nitrogen and oxygen atoms in total. The molecule has 0 aliphatic heterocycles. The van der Waals surface area contributed by atoms with Gasteiger partial charge in [0.25, 0.3) is 5.82 Å². The number of hydrogen-bond acceptors (Lipinski definition) is 1. The predicted molar refractivity (Wildman–Crippen MR) is 38.0 cm³/mol. The molecule has 0 aromatic carbocycles. The molecule has 10 heavy (non-hydrogen) atoms. The summed E-state index contributed by atoms with van der Waals surface area (Å²) in [5, 5.41) is 0. The minimum Gasteiger partial charge on any atom is -0.870 e. The standard InChI is InChI=1S/C7H13N2.H2O/c1-4-9-6-5-8(3)7(9)2;/h5-6H,4H2,1-3H3;1H2/q+1;/p-1. The van der Waals surface area contributed by atoms with Crippen LogP contribution >= 0.6 is 0 Å². The van der Waals surface area contributed by atoms with E-state index in [9.17, 15) is 0 Å². The van der Waals surface area contributed by atoms with Crippen molar-refractivity contribution in [2.45, 2.75) is 20.4 Å². The molecule has 0 fully saturated rings. The summed E-state index contributed by atoms with van der Waals surface area (Å²) in [7, 11) is 2.06. The van der Waals surface area contributed by atoms with Crippen molar-refractivity contribution in [2.75, 3.05) is 0 Å². The average molecular weight is 142 g/mol. The van der Waals surface area contributed by atoms with Gasteiger partial charge in [-0.3, -0.25) is 0 Å². The minimum atomic E-state index is 0. The second-order valence-electron chi connectivity index (χ2n) is 2.24. The number of nitrogens with zero attached hydrogens (tertiary/aromatic N) is 2. The van der Waals surface area contributed by atoms with Crippen LogP contribution < -0.4 is 4.57 Å². The van der Waals surface area contributed by atoms with E-state index in [4.69, 9.17) is 0 Å². The van der Waals surface area contributed by atoms with Crippen molar-refractivity contribution < 1.29 is 10.0 Å². The predicted octanol–water partition coefficient (Wildman–Crippen LogP) is 0.464. The first-order valence-electron chi connectivity index (χ1n) is 3.27. The minimum absolute atomic E-state index is 0. The lowest BCUT2D eigenvalue weighted by Gasteiger charge is -1.90. The maximum Gasteiger partial charge on any atom is 0.252 e. The summed E-state index contributed by atoms with van der Waals surface area (Å²) in [6.07, 6.45) is 4.16. The van der Waals surface area contributed by atoms with Crippen LogP contribution in [0.5, 0.6) is 0 Å². The van der Waals surface area contributed by atoms with Crippen molar-refractivity contribution in [1.82, 2.24) is 4.57 Å². The Morgan fingerprint density at radius 2 is 2.20 bits per heavy atom. The molecular weight excluding hydrogens is 128 g/mol. The molecule has 0 bridgehead atoms. The maximum atomic E-state index is 2.21. The van der Waals surface area contributed by atoms with Gasteiger partial charge in [-0.05, 0) is 6.92 Å². The third-order valence-electron chi connectivity index (χ3n) is 1.74. The maximum absolute atomic E-state index is 2.21. The fourth-order valence-electron chi connectivity index (χ4n) is 0.933. The van der Waals surface area contributed by atoms with Crippen molar-refractivity contribution in [2.24, 2.45) is 7.05 Å². The van der Waals surface area contributed by atoms with E-state index < -0.39 is 0 Å². The molecule has 1 aromatic rings.